The highest BCUT2D eigenvalue weighted by Crippen LogP contribution is 2.26. The molecule has 6 heteroatoms. The van der Waals surface area contributed by atoms with Crippen LogP contribution in [0.15, 0.2) is 42.6 Å². The number of hydrogen-bond donors (Lipinski definition) is 1. The molecule has 0 aliphatic rings. The number of halogens is 1. The first-order chi connectivity index (χ1) is 9.59. The number of nitrogens with zero attached hydrogens (tertiary/aromatic N) is 2. The van der Waals surface area contributed by atoms with Crippen molar-refractivity contribution in [1.82, 2.24) is 10.3 Å². The zero-order chi connectivity index (χ0) is 14.5. The molecule has 0 aliphatic carbocycles. The molecule has 0 fully saturated rings. The fourth-order valence-electron chi connectivity index (χ4n) is 1.89. The van der Waals surface area contributed by atoms with Gasteiger partial charge < -0.3 is 5.32 Å². The smallest absolute Gasteiger partial charge is 0.275 e. The van der Waals surface area contributed by atoms with Crippen LogP contribution < -0.4 is 5.32 Å². The van der Waals surface area contributed by atoms with Crippen molar-refractivity contribution >= 4 is 17.3 Å². The van der Waals surface area contributed by atoms with Crippen molar-refractivity contribution in [3.05, 3.63) is 69.0 Å². The van der Waals surface area contributed by atoms with Crippen molar-refractivity contribution in [3.63, 3.8) is 0 Å². The highest BCUT2D eigenvalue weighted by atomic mass is 35.5. The average molecular weight is 292 g/mol. The Morgan fingerprint density at radius 1 is 1.35 bits per heavy atom. The predicted octanol–water partition coefficient (Wildman–Crippen LogP) is 3.49. The third-order valence-corrected chi connectivity index (χ3v) is 3.36. The van der Waals surface area contributed by atoms with E-state index in [9.17, 15) is 10.1 Å². The van der Waals surface area contributed by atoms with Gasteiger partial charge in [-0.2, -0.15) is 0 Å². The second-order valence-electron chi connectivity index (χ2n) is 4.35. The van der Waals surface area contributed by atoms with Gasteiger partial charge >= 0.3 is 0 Å². The van der Waals surface area contributed by atoms with Crippen LogP contribution >= 0.6 is 11.6 Å². The average Bonchev–Trinajstić information content (AvgIpc) is 2.46. The number of rotatable bonds is 5. The van der Waals surface area contributed by atoms with Gasteiger partial charge in [-0.05, 0) is 25.1 Å². The molecule has 104 valence electrons. The molecule has 1 heterocycles. The van der Waals surface area contributed by atoms with E-state index in [0.717, 1.165) is 5.69 Å². The number of aromatic nitrogens is 1. The SMILES string of the molecule is C[C@H](NCc1c(Cl)cccc1[N+](=O)[O-])c1ccccn1. The molecule has 20 heavy (non-hydrogen) atoms. The van der Waals surface area contributed by atoms with Gasteiger partial charge in [-0.15, -0.1) is 0 Å². The Labute approximate surface area is 121 Å². The molecular weight excluding hydrogens is 278 g/mol. The number of benzene rings is 1. The van der Waals surface area contributed by atoms with E-state index >= 15 is 0 Å². The van der Waals surface area contributed by atoms with Crippen LogP contribution in [0, 0.1) is 10.1 Å². The summed E-state index contributed by atoms with van der Waals surface area (Å²) in [5, 5.41) is 14.6. The van der Waals surface area contributed by atoms with Gasteiger partial charge in [0.15, 0.2) is 0 Å². The molecule has 2 aromatic rings. The molecule has 5 nitrogen and oxygen atoms in total. The Balaban J connectivity index is 2.13. The number of nitro groups is 1. The predicted molar refractivity (Wildman–Crippen MR) is 77.6 cm³/mol. The summed E-state index contributed by atoms with van der Waals surface area (Å²) in [6.07, 6.45) is 1.71. The monoisotopic (exact) mass is 291 g/mol. The van der Waals surface area contributed by atoms with Crippen molar-refractivity contribution < 1.29 is 4.92 Å². The molecule has 1 aromatic heterocycles. The minimum atomic E-state index is -0.422. The maximum atomic E-state index is 11.0. The zero-order valence-electron chi connectivity index (χ0n) is 10.9. The van der Waals surface area contributed by atoms with E-state index in [0.29, 0.717) is 17.1 Å². The minimum absolute atomic E-state index is 0.0212. The van der Waals surface area contributed by atoms with Crippen LogP contribution in [0.25, 0.3) is 0 Å². The lowest BCUT2D eigenvalue weighted by atomic mass is 10.1. The van der Waals surface area contributed by atoms with Gasteiger partial charge in [0, 0.05) is 24.8 Å². The van der Waals surface area contributed by atoms with Gasteiger partial charge in [-0.1, -0.05) is 23.7 Å². The lowest BCUT2D eigenvalue weighted by molar-refractivity contribution is -0.385. The lowest BCUT2D eigenvalue weighted by Crippen LogP contribution is -2.19. The Kier molecular flexibility index (Phi) is 4.65. The van der Waals surface area contributed by atoms with Gasteiger partial charge in [-0.25, -0.2) is 0 Å². The summed E-state index contributed by atoms with van der Waals surface area (Å²) >= 11 is 6.04. The Morgan fingerprint density at radius 2 is 2.15 bits per heavy atom. The lowest BCUT2D eigenvalue weighted by Gasteiger charge is -2.14. The van der Waals surface area contributed by atoms with Crippen LogP contribution in [0.5, 0.6) is 0 Å². The first-order valence-corrected chi connectivity index (χ1v) is 6.53. The molecule has 0 amide bonds. The van der Waals surface area contributed by atoms with Gasteiger partial charge in [0.05, 0.1) is 21.2 Å². The zero-order valence-corrected chi connectivity index (χ0v) is 11.7. The van der Waals surface area contributed by atoms with Crippen LogP contribution in [0.1, 0.15) is 24.2 Å². The second kappa shape index (κ2) is 6.45. The molecule has 0 bridgehead atoms. The standard InChI is InChI=1S/C14H14ClN3O2/c1-10(13-6-2-3-8-16-13)17-9-11-12(15)5-4-7-14(11)18(19)20/h2-8,10,17H,9H2,1H3/t10-/m0/s1. The summed E-state index contributed by atoms with van der Waals surface area (Å²) in [5.74, 6) is 0. The molecule has 1 N–H and O–H groups in total. The molecule has 0 aliphatic heterocycles. The fraction of sp³-hybridized carbons (Fsp3) is 0.214. The first kappa shape index (κ1) is 14.4. The van der Waals surface area contributed by atoms with Crippen LogP contribution in [-0.2, 0) is 6.54 Å². The molecule has 0 spiro atoms. The first-order valence-electron chi connectivity index (χ1n) is 6.15. The van der Waals surface area contributed by atoms with E-state index in [4.69, 9.17) is 11.6 Å². The van der Waals surface area contributed by atoms with E-state index in [1.807, 2.05) is 25.1 Å². The van der Waals surface area contributed by atoms with Crippen LogP contribution in [0.2, 0.25) is 5.02 Å². The highest BCUT2D eigenvalue weighted by molar-refractivity contribution is 6.31. The maximum Gasteiger partial charge on any atom is 0.275 e. The molecule has 1 atom stereocenters. The summed E-state index contributed by atoms with van der Waals surface area (Å²) in [6.45, 7) is 2.26. The van der Waals surface area contributed by atoms with E-state index in [-0.39, 0.29) is 11.7 Å². The highest BCUT2D eigenvalue weighted by Gasteiger charge is 2.17. The second-order valence-corrected chi connectivity index (χ2v) is 4.76. The van der Waals surface area contributed by atoms with Gasteiger partial charge in [-0.3, -0.25) is 15.1 Å². The maximum absolute atomic E-state index is 11.0. The number of hydrogen-bond acceptors (Lipinski definition) is 4. The Hall–Kier alpha value is -1.98. The minimum Gasteiger partial charge on any atom is -0.304 e. The van der Waals surface area contributed by atoms with Crippen molar-refractivity contribution in [1.29, 1.82) is 0 Å². The van der Waals surface area contributed by atoms with Crippen LogP contribution in [0.4, 0.5) is 5.69 Å². The summed E-state index contributed by atoms with van der Waals surface area (Å²) in [7, 11) is 0. The van der Waals surface area contributed by atoms with Crippen molar-refractivity contribution in [2.45, 2.75) is 19.5 Å². The van der Waals surface area contributed by atoms with E-state index in [1.54, 1.807) is 18.3 Å². The van der Waals surface area contributed by atoms with Gasteiger partial charge in [0.2, 0.25) is 0 Å². The quantitative estimate of drug-likeness (QED) is 0.676. The molecule has 0 saturated heterocycles. The van der Waals surface area contributed by atoms with E-state index < -0.39 is 4.92 Å². The van der Waals surface area contributed by atoms with Gasteiger partial charge in [0.1, 0.15) is 0 Å². The number of pyridine rings is 1. The molecule has 0 unspecified atom stereocenters. The third kappa shape index (κ3) is 3.31. The fourth-order valence-corrected chi connectivity index (χ4v) is 2.12. The summed E-state index contributed by atoms with van der Waals surface area (Å²) in [6, 6.07) is 10.3. The third-order valence-electron chi connectivity index (χ3n) is 3.01. The van der Waals surface area contributed by atoms with Crippen molar-refractivity contribution in [2.75, 3.05) is 0 Å². The summed E-state index contributed by atoms with van der Waals surface area (Å²) < 4.78 is 0. The molecular formula is C14H14ClN3O2. The summed E-state index contributed by atoms with van der Waals surface area (Å²) in [4.78, 5) is 14.8. The molecule has 2 rings (SSSR count). The van der Waals surface area contributed by atoms with Crippen LogP contribution in [0.3, 0.4) is 0 Å². The van der Waals surface area contributed by atoms with Crippen molar-refractivity contribution in [2.24, 2.45) is 0 Å². The topological polar surface area (TPSA) is 68.1 Å². The molecule has 0 saturated carbocycles. The molecule has 0 radical (unpaired) electrons. The largest absolute Gasteiger partial charge is 0.304 e. The van der Waals surface area contributed by atoms with E-state index in [1.165, 1.54) is 6.07 Å². The Bertz CT molecular complexity index is 605. The van der Waals surface area contributed by atoms with Crippen molar-refractivity contribution in [3.8, 4) is 0 Å². The van der Waals surface area contributed by atoms with E-state index in [2.05, 4.69) is 10.3 Å². The normalized spacial score (nSPS) is 12.1. The number of nitro benzene ring substituents is 1. The van der Waals surface area contributed by atoms with Crippen LogP contribution in [-0.4, -0.2) is 9.91 Å². The van der Waals surface area contributed by atoms with Gasteiger partial charge in [0.25, 0.3) is 5.69 Å². The molecule has 1 aromatic carbocycles. The Morgan fingerprint density at radius 3 is 2.80 bits per heavy atom. The summed E-state index contributed by atoms with van der Waals surface area (Å²) in [5.41, 5.74) is 1.39. The number of nitrogens with one attached hydrogen (secondary N) is 1.